The SMILES string of the molecule is Cc1oncc1C(=O)Nc1ncccc1C(=O)O. The smallest absolute Gasteiger partial charge is 0.339 e. The number of aryl methyl sites for hydroxylation is 1. The maximum atomic E-state index is 11.8. The Morgan fingerprint density at radius 1 is 1.39 bits per heavy atom. The number of anilines is 1. The van der Waals surface area contributed by atoms with Gasteiger partial charge >= 0.3 is 5.97 Å². The van der Waals surface area contributed by atoms with Crippen molar-refractivity contribution >= 4 is 17.7 Å². The zero-order chi connectivity index (χ0) is 13.1. The van der Waals surface area contributed by atoms with Crippen molar-refractivity contribution in [3.63, 3.8) is 0 Å². The lowest BCUT2D eigenvalue weighted by Gasteiger charge is -2.05. The third-order valence-corrected chi connectivity index (χ3v) is 2.27. The Morgan fingerprint density at radius 2 is 2.17 bits per heavy atom. The van der Waals surface area contributed by atoms with E-state index in [0.29, 0.717) is 5.76 Å². The van der Waals surface area contributed by atoms with Crippen LogP contribution in [0.4, 0.5) is 5.82 Å². The number of amides is 1. The summed E-state index contributed by atoms with van der Waals surface area (Å²) in [6.07, 6.45) is 2.65. The molecule has 0 saturated carbocycles. The summed E-state index contributed by atoms with van der Waals surface area (Å²) in [5.41, 5.74) is 0.150. The molecule has 0 bridgehead atoms. The van der Waals surface area contributed by atoms with E-state index in [0.717, 1.165) is 0 Å². The van der Waals surface area contributed by atoms with E-state index in [2.05, 4.69) is 15.5 Å². The van der Waals surface area contributed by atoms with Gasteiger partial charge in [-0.25, -0.2) is 9.78 Å². The van der Waals surface area contributed by atoms with Crippen LogP contribution in [0.2, 0.25) is 0 Å². The minimum atomic E-state index is -1.17. The van der Waals surface area contributed by atoms with E-state index in [-0.39, 0.29) is 16.9 Å². The summed E-state index contributed by atoms with van der Waals surface area (Å²) in [5.74, 6) is -1.36. The van der Waals surface area contributed by atoms with Crippen LogP contribution in [-0.4, -0.2) is 27.1 Å². The fourth-order valence-corrected chi connectivity index (χ4v) is 1.37. The van der Waals surface area contributed by atoms with Crippen LogP contribution < -0.4 is 5.32 Å². The Bertz CT molecular complexity index is 606. The second kappa shape index (κ2) is 4.66. The molecule has 2 heterocycles. The minimum Gasteiger partial charge on any atom is -0.478 e. The summed E-state index contributed by atoms with van der Waals surface area (Å²) >= 11 is 0. The van der Waals surface area contributed by atoms with Crippen LogP contribution in [0, 0.1) is 6.92 Å². The summed E-state index contributed by atoms with van der Waals surface area (Å²) in [6, 6.07) is 2.83. The number of carboxylic acid groups (broad SMARTS) is 1. The molecule has 2 aromatic rings. The largest absolute Gasteiger partial charge is 0.478 e. The Labute approximate surface area is 101 Å². The molecule has 2 aromatic heterocycles. The van der Waals surface area contributed by atoms with Crippen molar-refractivity contribution in [2.45, 2.75) is 6.92 Å². The van der Waals surface area contributed by atoms with Crippen LogP contribution in [-0.2, 0) is 0 Å². The summed E-state index contributed by atoms with van der Waals surface area (Å²) in [5, 5.41) is 14.8. The molecule has 0 unspecified atom stereocenters. The molecule has 2 rings (SSSR count). The van der Waals surface area contributed by atoms with Crippen molar-refractivity contribution in [1.82, 2.24) is 10.1 Å². The van der Waals surface area contributed by atoms with Crippen LogP contribution in [0.15, 0.2) is 29.0 Å². The lowest BCUT2D eigenvalue weighted by Crippen LogP contribution is -2.16. The first-order valence-electron chi connectivity index (χ1n) is 5.00. The van der Waals surface area contributed by atoms with Crippen molar-refractivity contribution in [2.24, 2.45) is 0 Å². The number of carboxylic acids is 1. The van der Waals surface area contributed by atoms with Gasteiger partial charge in [0, 0.05) is 6.20 Å². The Balaban J connectivity index is 2.28. The number of carbonyl (C=O) groups is 2. The highest BCUT2D eigenvalue weighted by atomic mass is 16.5. The van der Waals surface area contributed by atoms with Gasteiger partial charge in [0.05, 0.1) is 6.20 Å². The molecule has 92 valence electrons. The van der Waals surface area contributed by atoms with Gasteiger partial charge < -0.3 is 14.9 Å². The standard InChI is InChI=1S/C11H9N3O4/c1-6-8(5-13-18-6)10(15)14-9-7(11(16)17)3-2-4-12-9/h2-5H,1H3,(H,16,17)(H,12,14,15). The first kappa shape index (κ1) is 11.8. The van der Waals surface area contributed by atoms with E-state index in [4.69, 9.17) is 9.63 Å². The van der Waals surface area contributed by atoms with Gasteiger partial charge in [-0.15, -0.1) is 0 Å². The summed E-state index contributed by atoms with van der Waals surface area (Å²) < 4.78 is 4.75. The number of hydrogen-bond acceptors (Lipinski definition) is 5. The molecule has 0 atom stereocenters. The summed E-state index contributed by atoms with van der Waals surface area (Å²) in [7, 11) is 0. The zero-order valence-corrected chi connectivity index (χ0v) is 9.38. The van der Waals surface area contributed by atoms with Crippen LogP contribution >= 0.6 is 0 Å². The number of carbonyl (C=O) groups excluding carboxylic acids is 1. The predicted octanol–water partition coefficient (Wildman–Crippen LogP) is 1.33. The van der Waals surface area contributed by atoms with Crippen molar-refractivity contribution in [3.8, 4) is 0 Å². The molecule has 0 radical (unpaired) electrons. The highest BCUT2D eigenvalue weighted by Gasteiger charge is 2.17. The van der Waals surface area contributed by atoms with E-state index in [1.54, 1.807) is 6.92 Å². The van der Waals surface area contributed by atoms with Gasteiger partial charge in [0.1, 0.15) is 22.7 Å². The molecule has 7 heteroatoms. The molecular formula is C11H9N3O4. The van der Waals surface area contributed by atoms with E-state index < -0.39 is 11.9 Å². The monoisotopic (exact) mass is 247 g/mol. The van der Waals surface area contributed by atoms with Crippen LogP contribution in [0.25, 0.3) is 0 Å². The molecule has 0 aliphatic carbocycles. The third-order valence-electron chi connectivity index (χ3n) is 2.27. The van der Waals surface area contributed by atoms with Gasteiger partial charge in [0.25, 0.3) is 5.91 Å². The average molecular weight is 247 g/mol. The van der Waals surface area contributed by atoms with E-state index >= 15 is 0 Å². The van der Waals surface area contributed by atoms with Crippen molar-refractivity contribution in [2.75, 3.05) is 5.32 Å². The first-order valence-corrected chi connectivity index (χ1v) is 5.00. The van der Waals surface area contributed by atoms with Gasteiger partial charge in [-0.05, 0) is 19.1 Å². The van der Waals surface area contributed by atoms with Gasteiger partial charge in [0.15, 0.2) is 0 Å². The van der Waals surface area contributed by atoms with Crippen LogP contribution in [0.1, 0.15) is 26.5 Å². The molecule has 0 aromatic carbocycles. The quantitative estimate of drug-likeness (QED) is 0.847. The Kier molecular flexibility index (Phi) is 3.05. The number of pyridine rings is 1. The van der Waals surface area contributed by atoms with Gasteiger partial charge in [-0.3, -0.25) is 4.79 Å². The fourth-order valence-electron chi connectivity index (χ4n) is 1.37. The average Bonchev–Trinajstić information content (AvgIpc) is 2.76. The van der Waals surface area contributed by atoms with Gasteiger partial charge in [-0.1, -0.05) is 5.16 Å². The Hall–Kier alpha value is -2.70. The Morgan fingerprint density at radius 3 is 2.78 bits per heavy atom. The number of hydrogen-bond donors (Lipinski definition) is 2. The molecule has 18 heavy (non-hydrogen) atoms. The van der Waals surface area contributed by atoms with E-state index in [1.807, 2.05) is 0 Å². The minimum absolute atomic E-state index is 0.0180. The van der Waals surface area contributed by atoms with E-state index in [1.165, 1.54) is 24.5 Å². The molecule has 7 nitrogen and oxygen atoms in total. The van der Waals surface area contributed by atoms with Gasteiger partial charge in [-0.2, -0.15) is 0 Å². The van der Waals surface area contributed by atoms with Crippen molar-refractivity contribution < 1.29 is 19.2 Å². The molecule has 0 saturated heterocycles. The molecule has 0 aliphatic rings. The molecule has 0 aliphatic heterocycles. The van der Waals surface area contributed by atoms with Gasteiger partial charge in [0.2, 0.25) is 0 Å². The molecular weight excluding hydrogens is 238 g/mol. The summed E-state index contributed by atoms with van der Waals surface area (Å²) in [4.78, 5) is 26.6. The lowest BCUT2D eigenvalue weighted by molar-refractivity contribution is 0.0697. The first-order chi connectivity index (χ1) is 8.59. The van der Waals surface area contributed by atoms with Crippen LogP contribution in [0.3, 0.4) is 0 Å². The highest BCUT2D eigenvalue weighted by Crippen LogP contribution is 2.14. The second-order valence-electron chi connectivity index (χ2n) is 3.45. The lowest BCUT2D eigenvalue weighted by atomic mass is 10.2. The van der Waals surface area contributed by atoms with E-state index in [9.17, 15) is 9.59 Å². The number of rotatable bonds is 3. The second-order valence-corrected chi connectivity index (χ2v) is 3.45. The predicted molar refractivity (Wildman–Crippen MR) is 60.4 cm³/mol. The number of aromatic carboxylic acids is 1. The highest BCUT2D eigenvalue weighted by molar-refractivity contribution is 6.07. The maximum Gasteiger partial charge on any atom is 0.339 e. The maximum absolute atomic E-state index is 11.8. The molecule has 0 spiro atoms. The van der Waals surface area contributed by atoms with Crippen molar-refractivity contribution in [1.29, 1.82) is 0 Å². The topological polar surface area (TPSA) is 105 Å². The number of aromatic nitrogens is 2. The van der Waals surface area contributed by atoms with Crippen molar-refractivity contribution in [3.05, 3.63) is 41.4 Å². The molecule has 1 amide bonds. The third kappa shape index (κ3) is 2.19. The molecule has 2 N–H and O–H groups in total. The number of nitrogens with zero attached hydrogens (tertiary/aromatic N) is 2. The summed E-state index contributed by atoms with van der Waals surface area (Å²) in [6.45, 7) is 1.58. The van der Waals surface area contributed by atoms with Crippen LogP contribution in [0.5, 0.6) is 0 Å². The normalized spacial score (nSPS) is 10.1. The zero-order valence-electron chi connectivity index (χ0n) is 9.38. The number of nitrogens with one attached hydrogen (secondary N) is 1. The molecule has 0 fully saturated rings. The fraction of sp³-hybridized carbons (Fsp3) is 0.0909.